The number of hydrogen-bond acceptors (Lipinski definition) is 0. The minimum Gasteiger partial charge on any atom is -1.00 e. The molecular formula is C9H8ClN. The first-order valence-electron chi connectivity index (χ1n) is 3.32. The zero-order valence-electron chi connectivity index (χ0n) is 5.94. The highest BCUT2D eigenvalue weighted by molar-refractivity contribution is 5.36. The van der Waals surface area contributed by atoms with E-state index in [1.807, 2.05) is 36.7 Å². The molecule has 0 aliphatic carbocycles. The highest BCUT2D eigenvalue weighted by Crippen LogP contribution is 1.92. The van der Waals surface area contributed by atoms with E-state index in [-0.39, 0.29) is 12.4 Å². The van der Waals surface area contributed by atoms with E-state index in [0.29, 0.717) is 0 Å². The molecule has 0 bridgehead atoms. The summed E-state index contributed by atoms with van der Waals surface area (Å²) in [5.41, 5.74) is 1.23. The van der Waals surface area contributed by atoms with Crippen LogP contribution in [0.4, 0.5) is 0 Å². The van der Waals surface area contributed by atoms with Crippen molar-refractivity contribution < 1.29 is 16.8 Å². The van der Waals surface area contributed by atoms with Gasteiger partial charge in [0, 0.05) is 24.3 Å². The molecule has 2 heteroatoms. The molecule has 0 spiro atoms. The minimum absolute atomic E-state index is 0. The Morgan fingerprint density at radius 2 is 1.36 bits per heavy atom. The average Bonchev–Trinajstić information content (AvgIpc) is 2.05. The quantitative estimate of drug-likeness (QED) is 0.416. The van der Waals surface area contributed by atoms with Crippen LogP contribution in [0.15, 0.2) is 48.8 Å². The van der Waals surface area contributed by atoms with E-state index < -0.39 is 0 Å². The van der Waals surface area contributed by atoms with Crippen LogP contribution in [0.1, 0.15) is 0 Å². The van der Waals surface area contributed by atoms with Gasteiger partial charge in [-0.05, 0) is 12.1 Å². The maximum Gasteiger partial charge on any atom is 0.210 e. The molecule has 2 rings (SSSR count). The predicted octanol–water partition coefficient (Wildman–Crippen LogP) is -1.57. The molecule has 0 unspecified atom stereocenters. The Balaban J connectivity index is 0.000000605. The number of nitrogens with zero attached hydrogens (tertiary/aromatic N) is 1. The van der Waals surface area contributed by atoms with Crippen LogP contribution in [0.2, 0.25) is 0 Å². The molecule has 11 heavy (non-hydrogen) atoms. The van der Waals surface area contributed by atoms with Crippen molar-refractivity contribution in [3.63, 3.8) is 0 Å². The summed E-state index contributed by atoms with van der Waals surface area (Å²) < 4.78 is 2.08. The molecule has 0 atom stereocenters. The van der Waals surface area contributed by atoms with E-state index in [1.54, 1.807) is 0 Å². The van der Waals surface area contributed by atoms with Crippen molar-refractivity contribution in [3.8, 4) is 0 Å². The van der Waals surface area contributed by atoms with Gasteiger partial charge in [-0.1, -0.05) is 0 Å². The Kier molecular flexibility index (Phi) is 2.44. The van der Waals surface area contributed by atoms with Crippen LogP contribution < -0.4 is 16.8 Å². The first-order chi connectivity index (χ1) is 4.97. The Bertz CT molecular complexity index is 281. The summed E-state index contributed by atoms with van der Waals surface area (Å²) in [6, 6.07) is 12.3. The molecule has 0 saturated heterocycles. The average molecular weight is 166 g/mol. The molecule has 0 aliphatic heterocycles. The number of halogens is 1. The maximum absolute atomic E-state index is 2.08. The van der Waals surface area contributed by atoms with Gasteiger partial charge in [0.2, 0.25) is 5.52 Å². The van der Waals surface area contributed by atoms with Gasteiger partial charge < -0.3 is 12.4 Å². The zero-order valence-corrected chi connectivity index (χ0v) is 6.70. The third kappa shape index (κ3) is 1.49. The first kappa shape index (κ1) is 8.02. The van der Waals surface area contributed by atoms with Gasteiger partial charge >= 0.3 is 0 Å². The standard InChI is InChI=1S/C9H8N.ClH/c1-3-7-10-8-4-2-6-9(10)5-1;/h1-8H;1H/q+1;/p-1. The van der Waals surface area contributed by atoms with Gasteiger partial charge in [0.1, 0.15) is 0 Å². The van der Waals surface area contributed by atoms with E-state index in [9.17, 15) is 0 Å². The Morgan fingerprint density at radius 3 is 1.82 bits per heavy atom. The van der Waals surface area contributed by atoms with Crippen molar-refractivity contribution in [1.82, 2.24) is 0 Å². The van der Waals surface area contributed by atoms with Crippen LogP contribution in [0.25, 0.3) is 5.52 Å². The summed E-state index contributed by atoms with van der Waals surface area (Å²) in [5, 5.41) is 0. The summed E-state index contributed by atoms with van der Waals surface area (Å²) in [5.74, 6) is 0. The predicted molar refractivity (Wildman–Crippen MR) is 39.6 cm³/mol. The van der Waals surface area contributed by atoms with Crippen LogP contribution in [-0.4, -0.2) is 0 Å². The SMILES string of the molecule is [Cl-].c1cc[n+]2ccccc2c1. The summed E-state index contributed by atoms with van der Waals surface area (Å²) in [7, 11) is 0. The fraction of sp³-hybridized carbons (Fsp3) is 0. The van der Waals surface area contributed by atoms with Gasteiger partial charge in [-0.15, -0.1) is 0 Å². The molecule has 2 heterocycles. The van der Waals surface area contributed by atoms with Crippen molar-refractivity contribution in [2.45, 2.75) is 0 Å². The Labute approximate surface area is 71.7 Å². The number of aromatic nitrogens is 1. The maximum atomic E-state index is 2.08. The van der Waals surface area contributed by atoms with Crippen molar-refractivity contribution in [2.24, 2.45) is 0 Å². The smallest absolute Gasteiger partial charge is 0.210 e. The van der Waals surface area contributed by atoms with Gasteiger partial charge in [-0.25, -0.2) is 0 Å². The van der Waals surface area contributed by atoms with Gasteiger partial charge in [0.05, 0.1) is 0 Å². The topological polar surface area (TPSA) is 4.10 Å². The summed E-state index contributed by atoms with van der Waals surface area (Å²) in [6.07, 6.45) is 4.07. The van der Waals surface area contributed by atoms with Gasteiger partial charge in [0.25, 0.3) is 0 Å². The lowest BCUT2D eigenvalue weighted by Gasteiger charge is -1.85. The molecule has 0 N–H and O–H groups in total. The van der Waals surface area contributed by atoms with Crippen molar-refractivity contribution in [3.05, 3.63) is 48.8 Å². The lowest BCUT2D eigenvalue weighted by Crippen LogP contribution is -3.00. The van der Waals surface area contributed by atoms with E-state index in [2.05, 4.69) is 16.5 Å². The monoisotopic (exact) mass is 165 g/mol. The third-order valence-corrected chi connectivity index (χ3v) is 1.55. The molecule has 0 fully saturated rings. The number of rotatable bonds is 0. The largest absolute Gasteiger partial charge is 1.00 e. The minimum atomic E-state index is 0. The normalized spacial score (nSPS) is 9.09. The van der Waals surface area contributed by atoms with Gasteiger partial charge in [-0.3, -0.25) is 0 Å². The summed E-state index contributed by atoms with van der Waals surface area (Å²) in [4.78, 5) is 0. The second-order valence-corrected chi connectivity index (χ2v) is 2.23. The Morgan fingerprint density at radius 1 is 0.818 bits per heavy atom. The van der Waals surface area contributed by atoms with Gasteiger partial charge in [0.15, 0.2) is 12.4 Å². The molecule has 0 aliphatic rings. The third-order valence-electron chi connectivity index (χ3n) is 1.55. The van der Waals surface area contributed by atoms with Crippen LogP contribution in [0.3, 0.4) is 0 Å². The molecular weight excluding hydrogens is 158 g/mol. The molecule has 2 aromatic heterocycles. The van der Waals surface area contributed by atoms with E-state index >= 15 is 0 Å². The lowest BCUT2D eigenvalue weighted by molar-refractivity contribution is -0.511. The first-order valence-corrected chi connectivity index (χ1v) is 3.32. The molecule has 0 amide bonds. The van der Waals surface area contributed by atoms with Crippen LogP contribution in [0, 0.1) is 0 Å². The van der Waals surface area contributed by atoms with E-state index in [4.69, 9.17) is 0 Å². The van der Waals surface area contributed by atoms with Crippen LogP contribution in [-0.2, 0) is 0 Å². The Hall–Kier alpha value is -1.08. The van der Waals surface area contributed by atoms with E-state index in [0.717, 1.165) is 0 Å². The number of fused-ring (bicyclic) bond motifs is 1. The fourth-order valence-corrected chi connectivity index (χ4v) is 1.04. The molecule has 0 aromatic carbocycles. The molecule has 0 radical (unpaired) electrons. The highest BCUT2D eigenvalue weighted by Gasteiger charge is 1.93. The molecule has 1 nitrogen and oxygen atoms in total. The van der Waals surface area contributed by atoms with Crippen molar-refractivity contribution in [2.75, 3.05) is 0 Å². The highest BCUT2D eigenvalue weighted by atomic mass is 35.5. The van der Waals surface area contributed by atoms with E-state index in [1.165, 1.54) is 5.52 Å². The second kappa shape index (κ2) is 3.35. The summed E-state index contributed by atoms with van der Waals surface area (Å²) >= 11 is 0. The zero-order chi connectivity index (χ0) is 6.81. The number of pyridine rings is 2. The van der Waals surface area contributed by atoms with Gasteiger partial charge in [-0.2, -0.15) is 4.40 Å². The van der Waals surface area contributed by atoms with Crippen LogP contribution in [0.5, 0.6) is 0 Å². The molecule has 0 saturated carbocycles. The van der Waals surface area contributed by atoms with Crippen LogP contribution >= 0.6 is 0 Å². The molecule has 56 valence electrons. The van der Waals surface area contributed by atoms with Crippen molar-refractivity contribution in [1.29, 1.82) is 0 Å². The number of hydrogen-bond donors (Lipinski definition) is 0. The van der Waals surface area contributed by atoms with Crippen molar-refractivity contribution >= 4 is 5.52 Å². The fourth-order valence-electron chi connectivity index (χ4n) is 1.04. The summed E-state index contributed by atoms with van der Waals surface area (Å²) in [6.45, 7) is 0. The second-order valence-electron chi connectivity index (χ2n) is 2.23. The molecule has 2 aromatic rings. The lowest BCUT2D eigenvalue weighted by atomic mass is 10.3.